The van der Waals surface area contributed by atoms with E-state index in [2.05, 4.69) is 5.32 Å². The molecule has 0 saturated heterocycles. The molecule has 0 heterocycles. The van der Waals surface area contributed by atoms with Gasteiger partial charge in [-0.25, -0.2) is 0 Å². The van der Waals surface area contributed by atoms with E-state index >= 15 is 0 Å². The molecule has 0 radical (unpaired) electrons. The predicted octanol–water partition coefficient (Wildman–Crippen LogP) is 5.41. The van der Waals surface area contributed by atoms with E-state index < -0.39 is 6.04 Å². The summed E-state index contributed by atoms with van der Waals surface area (Å²) in [5, 5.41) is 4.16. The van der Waals surface area contributed by atoms with Gasteiger partial charge in [-0.05, 0) is 54.7 Å². The minimum Gasteiger partial charge on any atom is -0.497 e. The van der Waals surface area contributed by atoms with Gasteiger partial charge < -0.3 is 15.0 Å². The van der Waals surface area contributed by atoms with Crippen molar-refractivity contribution in [1.29, 1.82) is 0 Å². The number of benzene rings is 2. The van der Waals surface area contributed by atoms with Gasteiger partial charge in [0.1, 0.15) is 11.8 Å². The first-order chi connectivity index (χ1) is 15.4. The average Bonchev–Trinajstić information content (AvgIpc) is 3.28. The fourth-order valence-electron chi connectivity index (χ4n) is 4.14. The van der Waals surface area contributed by atoms with E-state index in [1.807, 2.05) is 31.2 Å². The Morgan fingerprint density at radius 3 is 2.41 bits per heavy atom. The summed E-state index contributed by atoms with van der Waals surface area (Å²) >= 11 is 12.4. The molecule has 0 bridgehead atoms. The number of amides is 2. The number of carbonyl (C=O) groups is 2. The first kappa shape index (κ1) is 24.4. The Bertz CT molecular complexity index is 927. The Labute approximate surface area is 200 Å². The lowest BCUT2D eigenvalue weighted by Crippen LogP contribution is -2.51. The molecule has 1 aliphatic rings. The third-order valence-corrected chi connectivity index (χ3v) is 6.54. The Morgan fingerprint density at radius 1 is 1.12 bits per heavy atom. The van der Waals surface area contributed by atoms with Crippen molar-refractivity contribution in [2.45, 2.75) is 64.1 Å². The van der Waals surface area contributed by atoms with Gasteiger partial charge in [-0.15, -0.1) is 0 Å². The quantitative estimate of drug-likeness (QED) is 0.526. The van der Waals surface area contributed by atoms with Crippen LogP contribution < -0.4 is 10.1 Å². The van der Waals surface area contributed by atoms with Gasteiger partial charge in [0, 0.05) is 22.6 Å². The average molecular weight is 477 g/mol. The zero-order valence-electron chi connectivity index (χ0n) is 18.6. The van der Waals surface area contributed by atoms with E-state index in [1.165, 1.54) is 0 Å². The van der Waals surface area contributed by atoms with Crippen molar-refractivity contribution >= 4 is 35.0 Å². The fraction of sp³-hybridized carbons (Fsp3) is 0.440. The molecule has 7 heteroatoms. The molecule has 1 saturated carbocycles. The van der Waals surface area contributed by atoms with Crippen molar-refractivity contribution in [1.82, 2.24) is 10.2 Å². The van der Waals surface area contributed by atoms with Crippen LogP contribution in [0.15, 0.2) is 42.5 Å². The van der Waals surface area contributed by atoms with Gasteiger partial charge in [-0.2, -0.15) is 0 Å². The van der Waals surface area contributed by atoms with Crippen molar-refractivity contribution in [3.63, 3.8) is 0 Å². The molecule has 32 heavy (non-hydrogen) atoms. The summed E-state index contributed by atoms with van der Waals surface area (Å²) in [5.41, 5.74) is 1.61. The first-order valence-electron chi connectivity index (χ1n) is 11.1. The minimum absolute atomic E-state index is 0.104. The molecular weight excluding hydrogens is 447 g/mol. The number of methoxy groups -OCH3 is 1. The molecule has 2 aromatic carbocycles. The third-order valence-electron chi connectivity index (χ3n) is 5.96. The SMILES string of the molecule is CCC(C(=O)NC1CCCC1)N(Cc1ccc(Cl)cc1Cl)C(=O)Cc1ccc(OC)cc1. The second kappa shape index (κ2) is 11.6. The summed E-state index contributed by atoms with van der Waals surface area (Å²) in [6, 6.07) is 12.2. The van der Waals surface area contributed by atoms with E-state index in [0.29, 0.717) is 16.5 Å². The van der Waals surface area contributed by atoms with E-state index in [4.69, 9.17) is 27.9 Å². The number of ether oxygens (including phenoxy) is 1. The zero-order valence-corrected chi connectivity index (χ0v) is 20.1. The predicted molar refractivity (Wildman–Crippen MR) is 128 cm³/mol. The molecule has 2 amide bonds. The Hall–Kier alpha value is -2.24. The lowest BCUT2D eigenvalue weighted by molar-refractivity contribution is -0.141. The van der Waals surface area contributed by atoms with E-state index in [9.17, 15) is 9.59 Å². The van der Waals surface area contributed by atoms with Crippen molar-refractivity contribution in [3.05, 3.63) is 63.6 Å². The number of rotatable bonds is 9. The highest BCUT2D eigenvalue weighted by Crippen LogP contribution is 2.25. The molecular formula is C25H30Cl2N2O3. The molecule has 0 aromatic heterocycles. The molecule has 1 atom stereocenters. The molecule has 172 valence electrons. The smallest absolute Gasteiger partial charge is 0.243 e. The number of hydrogen-bond donors (Lipinski definition) is 1. The van der Waals surface area contributed by atoms with Gasteiger partial charge in [-0.1, -0.05) is 61.2 Å². The van der Waals surface area contributed by atoms with Gasteiger partial charge in [0.25, 0.3) is 0 Å². The molecule has 1 fully saturated rings. The van der Waals surface area contributed by atoms with E-state index in [0.717, 1.165) is 42.6 Å². The van der Waals surface area contributed by atoms with Crippen LogP contribution in [0.2, 0.25) is 10.0 Å². The third kappa shape index (κ3) is 6.39. The molecule has 1 unspecified atom stereocenters. The number of halogens is 2. The first-order valence-corrected chi connectivity index (χ1v) is 11.8. The monoisotopic (exact) mass is 476 g/mol. The second-order valence-corrected chi connectivity index (χ2v) is 9.04. The van der Waals surface area contributed by atoms with Crippen molar-refractivity contribution < 1.29 is 14.3 Å². The molecule has 1 aliphatic carbocycles. The number of nitrogens with zero attached hydrogens (tertiary/aromatic N) is 1. The summed E-state index contributed by atoms with van der Waals surface area (Å²) < 4.78 is 5.20. The van der Waals surface area contributed by atoms with Crippen LogP contribution in [0, 0.1) is 0 Å². The standard InChI is InChI=1S/C25H30Cl2N2O3/c1-3-23(25(31)28-20-6-4-5-7-20)29(16-18-10-11-19(26)15-22(18)27)24(30)14-17-8-12-21(32-2)13-9-17/h8-13,15,20,23H,3-7,14,16H2,1-2H3,(H,28,31). The summed E-state index contributed by atoms with van der Waals surface area (Å²) in [6.07, 6.45) is 4.93. The molecule has 0 spiro atoms. The number of carbonyl (C=O) groups excluding carboxylic acids is 2. The maximum absolute atomic E-state index is 13.4. The molecule has 2 aromatic rings. The van der Waals surface area contributed by atoms with Crippen LogP contribution in [0.1, 0.15) is 50.2 Å². The van der Waals surface area contributed by atoms with Crippen LogP contribution in [0.4, 0.5) is 0 Å². The van der Waals surface area contributed by atoms with Crippen LogP contribution in [0.5, 0.6) is 5.75 Å². The zero-order chi connectivity index (χ0) is 23.1. The molecule has 0 aliphatic heterocycles. The van der Waals surface area contributed by atoms with Crippen molar-refractivity contribution in [2.24, 2.45) is 0 Å². The highest BCUT2D eigenvalue weighted by atomic mass is 35.5. The summed E-state index contributed by atoms with van der Waals surface area (Å²) in [5.74, 6) is 0.496. The molecule has 1 N–H and O–H groups in total. The Balaban J connectivity index is 1.83. The maximum atomic E-state index is 13.4. The molecule has 5 nitrogen and oxygen atoms in total. The van der Waals surface area contributed by atoms with Crippen LogP contribution in [-0.4, -0.2) is 35.9 Å². The van der Waals surface area contributed by atoms with Crippen LogP contribution in [-0.2, 0) is 22.6 Å². The van der Waals surface area contributed by atoms with Crippen molar-refractivity contribution in [3.8, 4) is 5.75 Å². The van der Waals surface area contributed by atoms with Gasteiger partial charge in [0.05, 0.1) is 13.5 Å². The second-order valence-electron chi connectivity index (χ2n) is 8.20. The van der Waals surface area contributed by atoms with Gasteiger partial charge >= 0.3 is 0 Å². The summed E-state index contributed by atoms with van der Waals surface area (Å²) in [6.45, 7) is 2.16. The number of nitrogens with one attached hydrogen (secondary N) is 1. The largest absolute Gasteiger partial charge is 0.497 e. The van der Waals surface area contributed by atoms with E-state index in [1.54, 1.807) is 30.2 Å². The van der Waals surface area contributed by atoms with Gasteiger partial charge in [0.15, 0.2) is 0 Å². The van der Waals surface area contributed by atoms with Gasteiger partial charge in [0.2, 0.25) is 11.8 Å². The molecule has 3 rings (SSSR count). The maximum Gasteiger partial charge on any atom is 0.243 e. The number of hydrogen-bond acceptors (Lipinski definition) is 3. The fourth-order valence-corrected chi connectivity index (χ4v) is 4.61. The van der Waals surface area contributed by atoms with Crippen LogP contribution >= 0.6 is 23.2 Å². The van der Waals surface area contributed by atoms with Gasteiger partial charge in [-0.3, -0.25) is 9.59 Å². The van der Waals surface area contributed by atoms with Crippen LogP contribution in [0.25, 0.3) is 0 Å². The van der Waals surface area contributed by atoms with Crippen LogP contribution in [0.3, 0.4) is 0 Å². The highest BCUT2D eigenvalue weighted by Gasteiger charge is 2.31. The summed E-state index contributed by atoms with van der Waals surface area (Å²) in [7, 11) is 1.60. The minimum atomic E-state index is -0.576. The Kier molecular flexibility index (Phi) is 8.83. The normalized spacial score (nSPS) is 14.8. The Morgan fingerprint density at radius 2 is 1.81 bits per heavy atom. The lowest BCUT2D eigenvalue weighted by Gasteiger charge is -2.32. The highest BCUT2D eigenvalue weighted by molar-refractivity contribution is 6.35. The van der Waals surface area contributed by atoms with E-state index in [-0.39, 0.29) is 30.8 Å². The topological polar surface area (TPSA) is 58.6 Å². The lowest BCUT2D eigenvalue weighted by atomic mass is 10.1. The van der Waals surface area contributed by atoms with Crippen molar-refractivity contribution in [2.75, 3.05) is 7.11 Å². The summed E-state index contributed by atoms with van der Waals surface area (Å²) in [4.78, 5) is 28.2.